The summed E-state index contributed by atoms with van der Waals surface area (Å²) >= 11 is 1.67. The number of halogens is 3. The Hall–Kier alpha value is -1.10. The van der Waals surface area contributed by atoms with Crippen LogP contribution in [0, 0.1) is 11.6 Å². The van der Waals surface area contributed by atoms with Crippen LogP contribution in [-0.2, 0) is 6.42 Å². The zero-order chi connectivity index (χ0) is 16.1. The Kier molecular flexibility index (Phi) is 7.53. The highest BCUT2D eigenvalue weighted by Gasteiger charge is 2.20. The molecule has 1 fully saturated rings. The van der Waals surface area contributed by atoms with E-state index in [9.17, 15) is 8.78 Å². The van der Waals surface area contributed by atoms with Crippen LogP contribution in [0.3, 0.4) is 0 Å². The van der Waals surface area contributed by atoms with Crippen LogP contribution in [0.1, 0.15) is 18.4 Å². The monoisotopic (exact) mass is 369 g/mol. The van der Waals surface area contributed by atoms with E-state index in [0.29, 0.717) is 5.25 Å². The van der Waals surface area contributed by atoms with Gasteiger partial charge in [-0.05, 0) is 62.2 Å². The Labute approximate surface area is 152 Å². The minimum absolute atomic E-state index is 0. The first-order valence-electron chi connectivity index (χ1n) is 8.09. The maximum Gasteiger partial charge on any atom is 0.136 e. The smallest absolute Gasteiger partial charge is 0.136 e. The van der Waals surface area contributed by atoms with Crippen molar-refractivity contribution >= 4 is 24.2 Å². The molecular formula is C19H22ClF2NS. The van der Waals surface area contributed by atoms with Crippen molar-refractivity contribution in [2.45, 2.75) is 29.4 Å². The van der Waals surface area contributed by atoms with Gasteiger partial charge in [0.1, 0.15) is 11.6 Å². The number of likely N-dealkylation sites (tertiary alicyclic amines) is 1. The fourth-order valence-electron chi connectivity index (χ4n) is 2.91. The van der Waals surface area contributed by atoms with Crippen molar-refractivity contribution in [3.63, 3.8) is 0 Å². The summed E-state index contributed by atoms with van der Waals surface area (Å²) < 4.78 is 26.6. The summed E-state index contributed by atoms with van der Waals surface area (Å²) in [4.78, 5) is 3.21. The first kappa shape index (κ1) is 19.2. The zero-order valence-electron chi connectivity index (χ0n) is 13.5. The lowest BCUT2D eigenvalue weighted by Gasteiger charge is -2.31. The minimum atomic E-state index is -0.181. The van der Waals surface area contributed by atoms with Gasteiger partial charge in [0.05, 0.1) is 0 Å². The average Bonchev–Trinajstić information content (AvgIpc) is 2.58. The van der Waals surface area contributed by atoms with Crippen LogP contribution in [-0.4, -0.2) is 29.8 Å². The van der Waals surface area contributed by atoms with Crippen LogP contribution < -0.4 is 0 Å². The second-order valence-electron chi connectivity index (χ2n) is 5.97. The molecular weight excluding hydrogens is 348 g/mol. The molecule has 1 nitrogen and oxygen atoms in total. The molecule has 1 saturated heterocycles. The molecule has 24 heavy (non-hydrogen) atoms. The summed E-state index contributed by atoms with van der Waals surface area (Å²) in [5.74, 6) is -0.295. The van der Waals surface area contributed by atoms with E-state index in [1.165, 1.54) is 23.8 Å². The molecule has 0 radical (unpaired) electrons. The van der Waals surface area contributed by atoms with Gasteiger partial charge in [0.25, 0.3) is 0 Å². The summed E-state index contributed by atoms with van der Waals surface area (Å²) in [7, 11) is 0. The van der Waals surface area contributed by atoms with E-state index in [1.807, 2.05) is 24.3 Å². The van der Waals surface area contributed by atoms with Crippen LogP contribution in [0.5, 0.6) is 0 Å². The van der Waals surface area contributed by atoms with E-state index in [2.05, 4.69) is 4.90 Å². The highest BCUT2D eigenvalue weighted by atomic mass is 35.5. The van der Waals surface area contributed by atoms with Gasteiger partial charge >= 0.3 is 0 Å². The first-order valence-corrected chi connectivity index (χ1v) is 8.96. The molecule has 0 N–H and O–H groups in total. The molecule has 130 valence electrons. The van der Waals surface area contributed by atoms with Crippen molar-refractivity contribution in [2.24, 2.45) is 0 Å². The van der Waals surface area contributed by atoms with Crippen molar-refractivity contribution in [2.75, 3.05) is 19.6 Å². The van der Waals surface area contributed by atoms with E-state index < -0.39 is 0 Å². The van der Waals surface area contributed by atoms with Crippen LogP contribution >= 0.6 is 24.2 Å². The largest absolute Gasteiger partial charge is 0.303 e. The van der Waals surface area contributed by atoms with Gasteiger partial charge in [-0.1, -0.05) is 24.3 Å². The number of nitrogens with zero attached hydrogens (tertiary/aromatic N) is 1. The number of benzene rings is 2. The summed E-state index contributed by atoms with van der Waals surface area (Å²) in [5.41, 5.74) is 1.18. The molecule has 0 amide bonds. The molecule has 0 bridgehead atoms. The molecule has 0 unspecified atom stereocenters. The van der Waals surface area contributed by atoms with E-state index in [-0.39, 0.29) is 24.0 Å². The lowest BCUT2D eigenvalue weighted by molar-refractivity contribution is 0.235. The third-order valence-corrected chi connectivity index (χ3v) is 5.68. The second kappa shape index (κ2) is 9.40. The minimum Gasteiger partial charge on any atom is -0.303 e. The normalized spacial score (nSPS) is 15.9. The first-order chi connectivity index (χ1) is 11.2. The lowest BCUT2D eigenvalue weighted by Crippen LogP contribution is -2.36. The predicted molar refractivity (Wildman–Crippen MR) is 99.1 cm³/mol. The Morgan fingerprint density at radius 2 is 1.62 bits per heavy atom. The van der Waals surface area contributed by atoms with Crippen LogP contribution in [0.4, 0.5) is 8.78 Å². The van der Waals surface area contributed by atoms with E-state index >= 15 is 0 Å². The van der Waals surface area contributed by atoms with E-state index in [0.717, 1.165) is 43.8 Å². The number of hydrogen-bond donors (Lipinski definition) is 0. The number of piperidine rings is 1. The van der Waals surface area contributed by atoms with Crippen molar-refractivity contribution in [3.8, 4) is 0 Å². The Morgan fingerprint density at radius 3 is 2.29 bits per heavy atom. The van der Waals surface area contributed by atoms with Gasteiger partial charge in [0.2, 0.25) is 0 Å². The highest BCUT2D eigenvalue weighted by molar-refractivity contribution is 8.00. The lowest BCUT2D eigenvalue weighted by atomic mass is 10.1. The number of rotatable bonds is 5. The molecule has 1 aliphatic rings. The van der Waals surface area contributed by atoms with Crippen LogP contribution in [0.25, 0.3) is 0 Å². The molecule has 0 spiro atoms. The molecule has 2 aromatic rings. The molecule has 3 rings (SSSR count). The van der Waals surface area contributed by atoms with Gasteiger partial charge in [-0.15, -0.1) is 24.2 Å². The number of hydrogen-bond acceptors (Lipinski definition) is 2. The highest BCUT2D eigenvalue weighted by Crippen LogP contribution is 2.31. The predicted octanol–water partition coefficient (Wildman–Crippen LogP) is 5.19. The molecule has 1 aliphatic heterocycles. The van der Waals surface area contributed by atoms with E-state index in [4.69, 9.17) is 0 Å². The second-order valence-corrected chi connectivity index (χ2v) is 7.31. The Balaban J connectivity index is 0.00000208. The SMILES string of the molecule is Cl.Fc1ccc(CCN2CCC(Sc3ccccc3F)CC2)cc1. The Bertz CT molecular complexity index is 628. The fourth-order valence-corrected chi connectivity index (χ4v) is 4.05. The summed E-state index contributed by atoms with van der Waals surface area (Å²) in [5, 5.41) is 0.494. The Morgan fingerprint density at radius 1 is 0.958 bits per heavy atom. The molecule has 1 heterocycles. The van der Waals surface area contributed by atoms with Gasteiger partial charge in [-0.2, -0.15) is 0 Å². The summed E-state index contributed by atoms with van der Waals surface area (Å²) in [6.07, 6.45) is 3.12. The summed E-state index contributed by atoms with van der Waals surface area (Å²) in [6.45, 7) is 3.10. The number of thioether (sulfide) groups is 1. The topological polar surface area (TPSA) is 3.24 Å². The van der Waals surface area contributed by atoms with Crippen molar-refractivity contribution in [3.05, 3.63) is 65.7 Å². The molecule has 5 heteroatoms. The molecule has 0 saturated carbocycles. The zero-order valence-corrected chi connectivity index (χ0v) is 15.1. The van der Waals surface area contributed by atoms with Gasteiger partial charge < -0.3 is 4.90 Å². The van der Waals surface area contributed by atoms with Gasteiger partial charge in [0.15, 0.2) is 0 Å². The van der Waals surface area contributed by atoms with Crippen LogP contribution in [0.15, 0.2) is 53.4 Å². The molecule has 0 aromatic heterocycles. The molecule has 0 aliphatic carbocycles. The van der Waals surface area contributed by atoms with E-state index in [1.54, 1.807) is 17.8 Å². The quantitative estimate of drug-likeness (QED) is 0.713. The maximum absolute atomic E-state index is 13.7. The molecule has 0 atom stereocenters. The average molecular weight is 370 g/mol. The summed E-state index contributed by atoms with van der Waals surface area (Å²) in [6, 6.07) is 13.8. The molecule has 2 aromatic carbocycles. The van der Waals surface area contributed by atoms with Crippen LogP contribution in [0.2, 0.25) is 0 Å². The third kappa shape index (κ3) is 5.47. The van der Waals surface area contributed by atoms with Gasteiger partial charge in [-0.25, -0.2) is 8.78 Å². The van der Waals surface area contributed by atoms with Crippen molar-refractivity contribution in [1.82, 2.24) is 4.90 Å². The van der Waals surface area contributed by atoms with Gasteiger partial charge in [-0.3, -0.25) is 0 Å². The standard InChI is InChI=1S/C19H21F2NS.ClH/c20-16-7-5-15(6-8-16)9-12-22-13-10-17(11-14-22)23-19-4-2-1-3-18(19)21;/h1-8,17H,9-14H2;1H. The van der Waals surface area contributed by atoms with Crippen molar-refractivity contribution < 1.29 is 8.78 Å². The maximum atomic E-state index is 13.7. The fraction of sp³-hybridized carbons (Fsp3) is 0.368. The van der Waals surface area contributed by atoms with Crippen molar-refractivity contribution in [1.29, 1.82) is 0 Å². The third-order valence-electron chi connectivity index (χ3n) is 4.29. The van der Waals surface area contributed by atoms with Gasteiger partial charge in [0, 0.05) is 16.7 Å².